The molecule has 2 amide bonds. The summed E-state index contributed by atoms with van der Waals surface area (Å²) in [6, 6.07) is 20.9. The number of nitrogens with zero attached hydrogens (tertiary/aromatic N) is 3. The van der Waals surface area contributed by atoms with E-state index in [1.165, 1.54) is 24.4 Å². The zero-order valence-corrected chi connectivity index (χ0v) is 18.6. The van der Waals surface area contributed by atoms with Gasteiger partial charge in [0.1, 0.15) is 0 Å². The lowest BCUT2D eigenvalue weighted by molar-refractivity contribution is -0.384. The van der Waals surface area contributed by atoms with Gasteiger partial charge >= 0.3 is 0 Å². The Balaban J connectivity index is 1.51. The number of para-hydroxylation sites is 2. The highest BCUT2D eigenvalue weighted by Gasteiger charge is 2.41. The number of hydrazone groups is 1. The summed E-state index contributed by atoms with van der Waals surface area (Å²) in [6.45, 7) is 0. The molecule has 3 heterocycles. The summed E-state index contributed by atoms with van der Waals surface area (Å²) < 4.78 is 0. The molecule has 3 aromatic carbocycles. The second kappa shape index (κ2) is 8.17. The van der Waals surface area contributed by atoms with Crippen molar-refractivity contribution >= 4 is 56.7 Å². The molecule has 0 saturated carbocycles. The molecule has 2 N–H and O–H groups in total. The van der Waals surface area contributed by atoms with Gasteiger partial charge in [0.25, 0.3) is 17.5 Å². The van der Waals surface area contributed by atoms with E-state index >= 15 is 0 Å². The van der Waals surface area contributed by atoms with Crippen molar-refractivity contribution in [1.82, 2.24) is 15.0 Å². The van der Waals surface area contributed by atoms with Crippen LogP contribution in [-0.2, 0) is 9.59 Å². The van der Waals surface area contributed by atoms with Crippen LogP contribution in [0.25, 0.3) is 33.0 Å². The maximum Gasteiger partial charge on any atom is 0.283 e. The van der Waals surface area contributed by atoms with E-state index in [-0.39, 0.29) is 16.8 Å². The number of nitro groups is 1. The molecule has 0 radical (unpaired) electrons. The first-order valence-electron chi connectivity index (χ1n) is 11.1. The van der Waals surface area contributed by atoms with Gasteiger partial charge in [0.2, 0.25) is 0 Å². The molecular weight excluding hydrogens is 458 g/mol. The van der Waals surface area contributed by atoms with Gasteiger partial charge in [-0.3, -0.25) is 19.7 Å². The molecule has 9 heteroatoms. The fourth-order valence-electron chi connectivity index (χ4n) is 4.52. The van der Waals surface area contributed by atoms with Crippen molar-refractivity contribution in [3.8, 4) is 0 Å². The number of fused-ring (bicyclic) bond motifs is 2. The lowest BCUT2D eigenvalue weighted by Crippen LogP contribution is -2.26. The van der Waals surface area contributed by atoms with Crippen molar-refractivity contribution in [2.45, 2.75) is 0 Å². The van der Waals surface area contributed by atoms with Gasteiger partial charge in [-0.05, 0) is 12.1 Å². The lowest BCUT2D eigenvalue weighted by atomic mass is 9.95. The molecule has 0 fully saturated rings. The number of benzene rings is 3. The largest absolute Gasteiger partial charge is 0.361 e. The van der Waals surface area contributed by atoms with Crippen LogP contribution in [0.3, 0.4) is 0 Å². The first-order valence-corrected chi connectivity index (χ1v) is 11.1. The van der Waals surface area contributed by atoms with Gasteiger partial charge in [0.05, 0.1) is 22.3 Å². The number of carbonyl (C=O) groups excluding carboxylic acids is 2. The van der Waals surface area contributed by atoms with E-state index in [2.05, 4.69) is 15.1 Å². The fourth-order valence-corrected chi connectivity index (χ4v) is 4.52. The highest BCUT2D eigenvalue weighted by molar-refractivity contribution is 6.50. The fraction of sp³-hybridized carbons (Fsp3) is 0. The van der Waals surface area contributed by atoms with E-state index in [4.69, 9.17) is 0 Å². The molecule has 0 bridgehead atoms. The minimum Gasteiger partial charge on any atom is -0.361 e. The van der Waals surface area contributed by atoms with Crippen molar-refractivity contribution in [2.24, 2.45) is 5.10 Å². The second-order valence-electron chi connectivity index (χ2n) is 8.26. The molecule has 174 valence electrons. The number of aromatic nitrogens is 2. The number of carbonyl (C=O) groups is 2. The van der Waals surface area contributed by atoms with Gasteiger partial charge < -0.3 is 9.97 Å². The summed E-state index contributed by atoms with van der Waals surface area (Å²) in [7, 11) is 0. The third-order valence-corrected chi connectivity index (χ3v) is 6.18. The molecule has 5 aromatic rings. The Kier molecular flexibility index (Phi) is 4.82. The molecule has 1 aliphatic heterocycles. The van der Waals surface area contributed by atoms with Crippen molar-refractivity contribution in [3.63, 3.8) is 0 Å². The normalized spacial score (nSPS) is 14.2. The number of amides is 2. The van der Waals surface area contributed by atoms with E-state index in [9.17, 15) is 19.7 Å². The third-order valence-electron chi connectivity index (χ3n) is 6.18. The average molecular weight is 475 g/mol. The lowest BCUT2D eigenvalue weighted by Gasteiger charge is -2.07. The smallest absolute Gasteiger partial charge is 0.283 e. The molecule has 0 aliphatic carbocycles. The number of nitrogens with one attached hydrogen (secondary N) is 2. The van der Waals surface area contributed by atoms with Crippen molar-refractivity contribution < 1.29 is 14.5 Å². The highest BCUT2D eigenvalue weighted by Crippen LogP contribution is 2.40. The molecule has 0 saturated heterocycles. The average Bonchev–Trinajstić information content (AvgIpc) is 3.57. The summed E-state index contributed by atoms with van der Waals surface area (Å²) in [5, 5.41) is 17.7. The number of H-pyrrole nitrogens is 2. The molecule has 0 spiro atoms. The van der Waals surface area contributed by atoms with Gasteiger partial charge in [-0.2, -0.15) is 10.1 Å². The molecule has 0 unspecified atom stereocenters. The Morgan fingerprint density at radius 3 is 1.89 bits per heavy atom. The van der Waals surface area contributed by atoms with Gasteiger partial charge in [-0.15, -0.1) is 0 Å². The minimum atomic E-state index is -0.577. The molecule has 2 aromatic heterocycles. The topological polar surface area (TPSA) is 124 Å². The predicted molar refractivity (Wildman–Crippen MR) is 136 cm³/mol. The number of hydrogen-bond acceptors (Lipinski definition) is 5. The van der Waals surface area contributed by atoms with E-state index in [0.717, 1.165) is 26.8 Å². The number of aromatic amines is 2. The van der Waals surface area contributed by atoms with Gasteiger partial charge in [0.15, 0.2) is 0 Å². The summed E-state index contributed by atoms with van der Waals surface area (Å²) >= 11 is 0. The van der Waals surface area contributed by atoms with E-state index in [1.807, 2.05) is 48.5 Å². The van der Waals surface area contributed by atoms with E-state index < -0.39 is 16.7 Å². The Morgan fingerprint density at radius 1 is 0.778 bits per heavy atom. The molecule has 9 nitrogen and oxygen atoms in total. The SMILES string of the molecule is O=C1C(c2c[nH]c3ccccc23)=C(c2c[nH]c3ccccc23)C(=O)N1/N=C/c1cccc([N+](=O)[O-])c1. The van der Waals surface area contributed by atoms with Crippen LogP contribution in [0.2, 0.25) is 0 Å². The van der Waals surface area contributed by atoms with Crippen molar-refractivity contribution in [1.29, 1.82) is 0 Å². The number of imide groups is 1. The Bertz CT molecular complexity index is 1680. The Hall–Kier alpha value is -5.31. The Morgan fingerprint density at radius 2 is 1.33 bits per heavy atom. The molecular formula is C27H17N5O4. The predicted octanol–water partition coefficient (Wildman–Crippen LogP) is 4.87. The van der Waals surface area contributed by atoms with Gasteiger partial charge in [0, 0.05) is 63.0 Å². The summed E-state index contributed by atoms with van der Waals surface area (Å²) in [4.78, 5) is 44.3. The second-order valence-corrected chi connectivity index (χ2v) is 8.26. The van der Waals surface area contributed by atoms with Crippen LogP contribution in [0, 0.1) is 10.1 Å². The molecule has 36 heavy (non-hydrogen) atoms. The monoisotopic (exact) mass is 475 g/mol. The maximum atomic E-state index is 13.7. The van der Waals surface area contributed by atoms with Crippen LogP contribution in [0.4, 0.5) is 5.69 Å². The number of rotatable bonds is 5. The van der Waals surface area contributed by atoms with Crippen LogP contribution in [0.1, 0.15) is 16.7 Å². The standard InChI is InChI=1S/C27H17N5O4/c33-26-24(20-14-28-22-10-3-1-8-18(20)22)25(21-15-29-23-11-4-2-9-19(21)23)27(34)31(26)30-13-16-6-5-7-17(12-16)32(35)36/h1-15,28-29H/b30-13+. The molecule has 1 aliphatic rings. The minimum absolute atomic E-state index is 0.116. The van der Waals surface area contributed by atoms with E-state index in [1.54, 1.807) is 18.5 Å². The molecule has 6 rings (SSSR count). The Labute approximate surface area is 203 Å². The number of nitro benzene ring substituents is 1. The maximum absolute atomic E-state index is 13.7. The quantitative estimate of drug-likeness (QED) is 0.163. The van der Waals surface area contributed by atoms with Gasteiger partial charge in [-0.1, -0.05) is 48.5 Å². The summed E-state index contributed by atoms with van der Waals surface area (Å²) in [6.07, 6.45) is 4.70. The van der Waals surface area contributed by atoms with Crippen molar-refractivity contribution in [2.75, 3.05) is 0 Å². The van der Waals surface area contributed by atoms with Crippen LogP contribution in [0.5, 0.6) is 0 Å². The summed E-state index contributed by atoms with van der Waals surface area (Å²) in [5.41, 5.74) is 3.59. The molecule has 0 atom stereocenters. The van der Waals surface area contributed by atoms with Crippen molar-refractivity contribution in [3.05, 3.63) is 112 Å². The van der Waals surface area contributed by atoms with Crippen LogP contribution >= 0.6 is 0 Å². The number of non-ortho nitro benzene ring substituents is 1. The first-order chi connectivity index (χ1) is 17.5. The third kappa shape index (κ3) is 3.30. The number of hydrogen-bond donors (Lipinski definition) is 2. The zero-order valence-electron chi connectivity index (χ0n) is 18.6. The summed E-state index contributed by atoms with van der Waals surface area (Å²) in [5.74, 6) is -1.15. The van der Waals surface area contributed by atoms with E-state index in [0.29, 0.717) is 16.7 Å². The highest BCUT2D eigenvalue weighted by atomic mass is 16.6. The zero-order chi connectivity index (χ0) is 24.8. The van der Waals surface area contributed by atoms with Gasteiger partial charge in [-0.25, -0.2) is 0 Å². The van der Waals surface area contributed by atoms with Crippen LogP contribution < -0.4 is 0 Å². The van der Waals surface area contributed by atoms with Crippen LogP contribution in [-0.4, -0.2) is 37.9 Å². The first kappa shape index (κ1) is 21.2. The van der Waals surface area contributed by atoms with Crippen LogP contribution in [0.15, 0.2) is 90.3 Å².